The van der Waals surface area contributed by atoms with E-state index < -0.39 is 23.2 Å². The molecule has 154 valence electrons. The first-order chi connectivity index (χ1) is 13.8. The van der Waals surface area contributed by atoms with Crippen LogP contribution >= 0.6 is 34.5 Å². The molecule has 2 aromatic rings. The van der Waals surface area contributed by atoms with E-state index in [0.717, 1.165) is 27.9 Å². The fourth-order valence-corrected chi connectivity index (χ4v) is 4.24. The highest BCUT2D eigenvalue weighted by Gasteiger charge is 2.25. The van der Waals surface area contributed by atoms with Gasteiger partial charge in [0.05, 0.1) is 9.26 Å². The van der Waals surface area contributed by atoms with Crippen LogP contribution in [0.1, 0.15) is 15.2 Å². The summed E-state index contributed by atoms with van der Waals surface area (Å²) in [5, 5.41) is 11.2. The zero-order valence-electron chi connectivity index (χ0n) is 15.2. The van der Waals surface area contributed by atoms with Crippen LogP contribution < -0.4 is 0 Å². The molecule has 11 heteroatoms. The number of hydrogen-bond acceptors (Lipinski definition) is 7. The molecule has 1 aliphatic rings. The van der Waals surface area contributed by atoms with Crippen molar-refractivity contribution >= 4 is 52.1 Å². The number of piperazine rings is 1. The van der Waals surface area contributed by atoms with Crippen LogP contribution in [-0.2, 0) is 16.1 Å². The third-order valence-electron chi connectivity index (χ3n) is 4.44. The zero-order chi connectivity index (χ0) is 21.0. The maximum absolute atomic E-state index is 12.3. The third-order valence-corrected chi connectivity index (χ3v) is 5.89. The molecule has 0 radical (unpaired) electrons. The van der Waals surface area contributed by atoms with Gasteiger partial charge in [-0.25, -0.2) is 4.79 Å². The van der Waals surface area contributed by atoms with Crippen molar-refractivity contribution in [3.63, 3.8) is 0 Å². The monoisotopic (exact) mass is 457 g/mol. The van der Waals surface area contributed by atoms with Crippen molar-refractivity contribution in [3.05, 3.63) is 60.2 Å². The molecule has 0 bridgehead atoms. The molecule has 3 rings (SSSR count). The summed E-state index contributed by atoms with van der Waals surface area (Å²) in [5.41, 5.74) is -0.705. The van der Waals surface area contributed by atoms with Gasteiger partial charge in [-0.05, 0) is 24.3 Å². The summed E-state index contributed by atoms with van der Waals surface area (Å²) < 4.78 is 5.74. The molecule has 1 fully saturated rings. The van der Waals surface area contributed by atoms with Crippen LogP contribution in [0.2, 0.25) is 9.36 Å². The van der Waals surface area contributed by atoms with Gasteiger partial charge in [0.25, 0.3) is 11.6 Å². The topological polar surface area (TPSA) is 93.0 Å². The minimum absolute atomic E-state index is 0.164. The number of hydrogen-bond donors (Lipinski definition) is 0. The fourth-order valence-electron chi connectivity index (χ4n) is 2.94. The van der Waals surface area contributed by atoms with Crippen molar-refractivity contribution in [2.45, 2.75) is 6.54 Å². The molecule has 0 atom stereocenters. The van der Waals surface area contributed by atoms with E-state index in [0.29, 0.717) is 26.2 Å². The Morgan fingerprint density at radius 1 is 1.14 bits per heavy atom. The average molecular weight is 458 g/mol. The lowest BCUT2D eigenvalue weighted by Gasteiger charge is -2.34. The molecular weight excluding hydrogens is 441 g/mol. The molecule has 1 amide bonds. The van der Waals surface area contributed by atoms with Crippen LogP contribution in [-0.4, -0.2) is 59.4 Å². The van der Waals surface area contributed by atoms with E-state index >= 15 is 0 Å². The number of carbonyl (C=O) groups excluding carboxylic acids is 2. The molecule has 1 aromatic heterocycles. The van der Waals surface area contributed by atoms with Crippen LogP contribution in [0, 0.1) is 10.1 Å². The Morgan fingerprint density at radius 3 is 2.48 bits per heavy atom. The molecule has 0 saturated carbocycles. The van der Waals surface area contributed by atoms with E-state index in [1.807, 2.05) is 12.1 Å². The van der Waals surface area contributed by atoms with Crippen LogP contribution in [0.3, 0.4) is 0 Å². The first kappa shape index (κ1) is 21.5. The van der Waals surface area contributed by atoms with Gasteiger partial charge in [0.1, 0.15) is 5.56 Å². The molecular formula is C18H17Cl2N3O5S. The standard InChI is InChI=1S/C18H17Cl2N3O5S/c19-12-1-3-15(23(26)27)14(9-12)18(25)28-11-17(24)22-7-5-21(6-8-22)10-13-2-4-16(20)29-13/h1-4,9H,5-8,10-11H2. The quantitative estimate of drug-likeness (QED) is 0.374. The maximum atomic E-state index is 12.3. The summed E-state index contributed by atoms with van der Waals surface area (Å²) in [6, 6.07) is 7.44. The van der Waals surface area contributed by atoms with Crippen molar-refractivity contribution in [3.8, 4) is 0 Å². The van der Waals surface area contributed by atoms with Crippen LogP contribution in [0.15, 0.2) is 30.3 Å². The van der Waals surface area contributed by atoms with Crippen molar-refractivity contribution in [2.75, 3.05) is 32.8 Å². The van der Waals surface area contributed by atoms with Crippen molar-refractivity contribution < 1.29 is 19.2 Å². The van der Waals surface area contributed by atoms with Gasteiger partial charge < -0.3 is 9.64 Å². The van der Waals surface area contributed by atoms with Gasteiger partial charge in [-0.3, -0.25) is 19.8 Å². The van der Waals surface area contributed by atoms with Gasteiger partial charge in [-0.1, -0.05) is 23.2 Å². The van der Waals surface area contributed by atoms with E-state index in [-0.39, 0.29) is 16.5 Å². The highest BCUT2D eigenvalue weighted by molar-refractivity contribution is 7.16. The highest BCUT2D eigenvalue weighted by atomic mass is 35.5. The Labute approximate surface area is 180 Å². The number of esters is 1. The van der Waals surface area contributed by atoms with Gasteiger partial charge in [-0.2, -0.15) is 0 Å². The number of ether oxygens (including phenoxy) is 1. The Hall–Kier alpha value is -2.20. The minimum atomic E-state index is -0.958. The SMILES string of the molecule is O=C(OCC(=O)N1CCN(Cc2ccc(Cl)s2)CC1)c1cc(Cl)ccc1[N+](=O)[O-]. The van der Waals surface area contributed by atoms with E-state index in [2.05, 4.69) is 4.90 Å². The summed E-state index contributed by atoms with van der Waals surface area (Å²) in [5.74, 6) is -1.30. The van der Waals surface area contributed by atoms with Gasteiger partial charge in [0.15, 0.2) is 6.61 Å². The van der Waals surface area contributed by atoms with E-state index in [1.54, 1.807) is 4.90 Å². The highest BCUT2D eigenvalue weighted by Crippen LogP contribution is 2.24. The smallest absolute Gasteiger partial charge is 0.345 e. The summed E-state index contributed by atoms with van der Waals surface area (Å²) >= 11 is 13.3. The second-order valence-electron chi connectivity index (χ2n) is 6.36. The summed E-state index contributed by atoms with van der Waals surface area (Å²) in [4.78, 5) is 39.9. The first-order valence-corrected chi connectivity index (χ1v) is 10.3. The number of nitrogens with zero attached hydrogens (tertiary/aromatic N) is 3. The van der Waals surface area contributed by atoms with Gasteiger partial charge in [0, 0.05) is 48.7 Å². The maximum Gasteiger partial charge on any atom is 0.345 e. The molecule has 0 aliphatic carbocycles. The Morgan fingerprint density at radius 2 is 1.86 bits per heavy atom. The predicted molar refractivity (Wildman–Crippen MR) is 110 cm³/mol. The molecule has 8 nitrogen and oxygen atoms in total. The van der Waals surface area contributed by atoms with E-state index in [4.69, 9.17) is 27.9 Å². The molecule has 29 heavy (non-hydrogen) atoms. The van der Waals surface area contributed by atoms with Crippen molar-refractivity contribution in [1.82, 2.24) is 9.80 Å². The molecule has 1 aliphatic heterocycles. The number of halogens is 2. The van der Waals surface area contributed by atoms with Crippen molar-refractivity contribution in [1.29, 1.82) is 0 Å². The number of nitro groups is 1. The molecule has 0 spiro atoms. The normalized spacial score (nSPS) is 14.6. The summed E-state index contributed by atoms with van der Waals surface area (Å²) in [6.07, 6.45) is 0. The lowest BCUT2D eigenvalue weighted by atomic mass is 10.2. The van der Waals surface area contributed by atoms with Crippen LogP contribution in [0.25, 0.3) is 0 Å². The van der Waals surface area contributed by atoms with Gasteiger partial charge >= 0.3 is 5.97 Å². The lowest BCUT2D eigenvalue weighted by molar-refractivity contribution is -0.385. The Balaban J connectivity index is 1.50. The number of nitro benzene ring substituents is 1. The molecule has 0 unspecified atom stereocenters. The summed E-state index contributed by atoms with van der Waals surface area (Å²) in [6.45, 7) is 2.68. The second kappa shape index (κ2) is 9.53. The first-order valence-electron chi connectivity index (χ1n) is 8.69. The minimum Gasteiger partial charge on any atom is -0.452 e. The van der Waals surface area contributed by atoms with Gasteiger partial charge in [0.2, 0.25) is 0 Å². The van der Waals surface area contributed by atoms with Gasteiger partial charge in [-0.15, -0.1) is 11.3 Å². The molecule has 2 heterocycles. The Kier molecular flexibility index (Phi) is 7.07. The number of rotatable bonds is 6. The van der Waals surface area contributed by atoms with Crippen LogP contribution in [0.5, 0.6) is 0 Å². The molecule has 0 N–H and O–H groups in total. The largest absolute Gasteiger partial charge is 0.452 e. The zero-order valence-corrected chi connectivity index (χ0v) is 17.5. The average Bonchev–Trinajstić information content (AvgIpc) is 3.10. The lowest BCUT2D eigenvalue weighted by Crippen LogP contribution is -2.49. The second-order valence-corrected chi connectivity index (χ2v) is 8.59. The van der Waals surface area contributed by atoms with Crippen molar-refractivity contribution in [2.24, 2.45) is 0 Å². The van der Waals surface area contributed by atoms with E-state index in [1.165, 1.54) is 17.4 Å². The Bertz CT molecular complexity index is 928. The number of thiophene rings is 1. The fraction of sp³-hybridized carbons (Fsp3) is 0.333. The number of amides is 1. The molecule has 1 saturated heterocycles. The van der Waals surface area contributed by atoms with E-state index in [9.17, 15) is 19.7 Å². The number of benzene rings is 1. The predicted octanol–water partition coefficient (Wildman–Crippen LogP) is 3.46. The summed E-state index contributed by atoms with van der Waals surface area (Å²) in [7, 11) is 0. The number of carbonyl (C=O) groups is 2. The molecule has 1 aromatic carbocycles. The third kappa shape index (κ3) is 5.66. The van der Waals surface area contributed by atoms with Crippen LogP contribution in [0.4, 0.5) is 5.69 Å².